The van der Waals surface area contributed by atoms with Crippen molar-refractivity contribution in [3.05, 3.63) is 102 Å². The Bertz CT molecular complexity index is 963. The van der Waals surface area contributed by atoms with E-state index in [1.54, 1.807) is 11.8 Å². The van der Waals surface area contributed by atoms with E-state index in [9.17, 15) is 9.59 Å². The molecule has 3 aromatic carbocycles. The average Bonchev–Trinajstić information content (AvgIpc) is 3.66. The number of hydrogen-bond acceptors (Lipinski definition) is 3. The Labute approximate surface area is 187 Å². The fourth-order valence-electron chi connectivity index (χ4n) is 3.35. The molecule has 2 amide bonds. The quantitative estimate of drug-likeness (QED) is 0.492. The third-order valence-electron chi connectivity index (χ3n) is 5.25. The van der Waals surface area contributed by atoms with Gasteiger partial charge in [0.05, 0.1) is 11.0 Å². The van der Waals surface area contributed by atoms with Gasteiger partial charge in [0, 0.05) is 18.2 Å². The van der Waals surface area contributed by atoms with Gasteiger partial charge in [-0.3, -0.25) is 9.59 Å². The lowest BCUT2D eigenvalue weighted by molar-refractivity contribution is -0.119. The number of amides is 2. The molecule has 4 rings (SSSR count). The Balaban J connectivity index is 1.29. The van der Waals surface area contributed by atoms with Crippen molar-refractivity contribution in [3.63, 3.8) is 0 Å². The first-order valence-corrected chi connectivity index (χ1v) is 11.6. The fraction of sp³-hybridized carbons (Fsp3) is 0.231. The molecular formula is C26H26N2O2S. The predicted octanol–water partition coefficient (Wildman–Crippen LogP) is 5.17. The number of rotatable bonds is 9. The van der Waals surface area contributed by atoms with E-state index in [0.29, 0.717) is 12.3 Å². The van der Waals surface area contributed by atoms with Gasteiger partial charge in [-0.1, -0.05) is 72.8 Å². The van der Waals surface area contributed by atoms with Crippen LogP contribution < -0.4 is 10.6 Å². The number of nitrogens with one attached hydrogen (secondary N) is 2. The zero-order valence-electron chi connectivity index (χ0n) is 17.3. The zero-order chi connectivity index (χ0) is 21.5. The lowest BCUT2D eigenvalue weighted by atomic mass is 10.0. The minimum Gasteiger partial charge on any atom is -0.351 e. The van der Waals surface area contributed by atoms with Crippen LogP contribution in [0.15, 0.2) is 84.9 Å². The van der Waals surface area contributed by atoms with Crippen LogP contribution in [0.3, 0.4) is 0 Å². The summed E-state index contributed by atoms with van der Waals surface area (Å²) in [5.74, 6) is 0.675. The van der Waals surface area contributed by atoms with Crippen molar-refractivity contribution in [3.8, 4) is 0 Å². The van der Waals surface area contributed by atoms with E-state index in [1.165, 1.54) is 11.1 Å². The van der Waals surface area contributed by atoms with Crippen molar-refractivity contribution in [2.45, 2.75) is 24.6 Å². The van der Waals surface area contributed by atoms with Crippen LogP contribution in [0.5, 0.6) is 0 Å². The molecule has 3 aromatic rings. The second-order valence-corrected chi connectivity index (χ2v) is 8.84. The number of carbonyl (C=O) groups is 2. The van der Waals surface area contributed by atoms with Crippen molar-refractivity contribution in [1.82, 2.24) is 5.32 Å². The number of hydrogen-bond donors (Lipinski definition) is 2. The topological polar surface area (TPSA) is 58.2 Å². The summed E-state index contributed by atoms with van der Waals surface area (Å²) in [5, 5.41) is 6.04. The third-order valence-corrected chi connectivity index (χ3v) is 6.55. The first-order valence-electron chi connectivity index (χ1n) is 10.6. The molecule has 1 aliphatic rings. The Morgan fingerprint density at radius 2 is 1.42 bits per heavy atom. The molecule has 1 saturated carbocycles. The molecule has 0 spiro atoms. The van der Waals surface area contributed by atoms with Crippen LogP contribution in [0, 0.1) is 5.92 Å². The molecule has 158 valence electrons. The highest BCUT2D eigenvalue weighted by Gasteiger charge is 2.29. The van der Waals surface area contributed by atoms with E-state index in [2.05, 4.69) is 34.9 Å². The van der Waals surface area contributed by atoms with Gasteiger partial charge in [-0.15, -0.1) is 11.8 Å². The maximum absolute atomic E-state index is 12.5. The van der Waals surface area contributed by atoms with Gasteiger partial charge in [0.2, 0.25) is 11.8 Å². The Morgan fingerprint density at radius 1 is 0.839 bits per heavy atom. The normalized spacial score (nSPS) is 13.1. The minimum atomic E-state index is 0.00738. The predicted molar refractivity (Wildman–Crippen MR) is 127 cm³/mol. The summed E-state index contributed by atoms with van der Waals surface area (Å²) in [6.07, 6.45) is 1.98. The summed E-state index contributed by atoms with van der Waals surface area (Å²) in [7, 11) is 0. The highest BCUT2D eigenvalue weighted by Crippen LogP contribution is 2.35. The second kappa shape index (κ2) is 10.3. The molecule has 0 atom stereocenters. The molecule has 1 aliphatic carbocycles. The Kier molecular flexibility index (Phi) is 7.05. The Hall–Kier alpha value is -3.05. The lowest BCUT2D eigenvalue weighted by Crippen LogP contribution is -2.25. The molecular weight excluding hydrogens is 404 g/mol. The molecule has 5 heteroatoms. The van der Waals surface area contributed by atoms with Crippen LogP contribution in [0.4, 0.5) is 5.69 Å². The van der Waals surface area contributed by atoms with Gasteiger partial charge in [-0.05, 0) is 41.7 Å². The monoisotopic (exact) mass is 430 g/mol. The molecule has 0 aliphatic heterocycles. The van der Waals surface area contributed by atoms with Gasteiger partial charge in [0.25, 0.3) is 0 Å². The van der Waals surface area contributed by atoms with Gasteiger partial charge in [0.1, 0.15) is 0 Å². The molecule has 4 nitrogen and oxygen atoms in total. The molecule has 2 N–H and O–H groups in total. The summed E-state index contributed by atoms with van der Waals surface area (Å²) < 4.78 is 0. The molecule has 0 radical (unpaired) electrons. The van der Waals surface area contributed by atoms with Crippen LogP contribution in [-0.2, 0) is 16.1 Å². The van der Waals surface area contributed by atoms with Gasteiger partial charge in [-0.2, -0.15) is 0 Å². The van der Waals surface area contributed by atoms with Crippen molar-refractivity contribution in [1.29, 1.82) is 0 Å². The second-order valence-electron chi connectivity index (χ2n) is 7.75. The van der Waals surface area contributed by atoms with Crippen LogP contribution in [0.1, 0.15) is 34.8 Å². The van der Waals surface area contributed by atoms with Crippen molar-refractivity contribution in [2.24, 2.45) is 5.92 Å². The smallest absolute Gasteiger partial charge is 0.230 e. The van der Waals surface area contributed by atoms with Crippen molar-refractivity contribution in [2.75, 3.05) is 11.1 Å². The van der Waals surface area contributed by atoms with E-state index in [-0.39, 0.29) is 23.0 Å². The van der Waals surface area contributed by atoms with Gasteiger partial charge in [0.15, 0.2) is 0 Å². The van der Waals surface area contributed by atoms with E-state index >= 15 is 0 Å². The highest BCUT2D eigenvalue weighted by molar-refractivity contribution is 8.00. The number of anilines is 1. The number of carbonyl (C=O) groups excluding carboxylic acids is 2. The Morgan fingerprint density at radius 3 is 1.97 bits per heavy atom. The average molecular weight is 431 g/mol. The fourth-order valence-corrected chi connectivity index (χ4v) is 4.47. The molecule has 0 aromatic heterocycles. The van der Waals surface area contributed by atoms with E-state index in [1.807, 2.05) is 60.7 Å². The molecule has 1 fully saturated rings. The standard InChI is InChI=1S/C26H26N2O2S/c29-24(27-17-19-11-15-23(16-12-19)28-26(30)22-13-14-22)18-31-25(20-7-3-1-4-8-20)21-9-5-2-6-10-21/h1-12,15-16,22,25H,13-14,17-18H2,(H,27,29)(H,28,30). The SMILES string of the molecule is O=C(CSC(c1ccccc1)c1ccccc1)NCc1ccc(NC(=O)C2CC2)cc1. The summed E-state index contributed by atoms with van der Waals surface area (Å²) in [6, 6.07) is 28.2. The summed E-state index contributed by atoms with van der Waals surface area (Å²) >= 11 is 1.63. The maximum Gasteiger partial charge on any atom is 0.230 e. The van der Waals surface area contributed by atoms with Crippen molar-refractivity contribution >= 4 is 29.3 Å². The summed E-state index contributed by atoms with van der Waals surface area (Å²) in [5.41, 5.74) is 4.19. The van der Waals surface area contributed by atoms with Gasteiger partial charge >= 0.3 is 0 Å². The van der Waals surface area contributed by atoms with Crippen LogP contribution in [0.25, 0.3) is 0 Å². The summed E-state index contributed by atoms with van der Waals surface area (Å²) in [4.78, 5) is 24.3. The van der Waals surface area contributed by atoms with Gasteiger partial charge < -0.3 is 10.6 Å². The first-order chi connectivity index (χ1) is 15.2. The maximum atomic E-state index is 12.5. The zero-order valence-corrected chi connectivity index (χ0v) is 18.1. The highest BCUT2D eigenvalue weighted by atomic mass is 32.2. The molecule has 0 saturated heterocycles. The van der Waals surface area contributed by atoms with E-state index < -0.39 is 0 Å². The van der Waals surface area contributed by atoms with Crippen molar-refractivity contribution < 1.29 is 9.59 Å². The molecule has 31 heavy (non-hydrogen) atoms. The van der Waals surface area contributed by atoms with Crippen LogP contribution in [-0.4, -0.2) is 17.6 Å². The number of benzene rings is 3. The van der Waals surface area contributed by atoms with Crippen LogP contribution in [0.2, 0.25) is 0 Å². The number of thioether (sulfide) groups is 1. The first kappa shape index (κ1) is 21.2. The minimum absolute atomic E-state index is 0.00738. The third kappa shape index (κ3) is 6.22. The van der Waals surface area contributed by atoms with E-state index in [0.717, 1.165) is 24.1 Å². The largest absolute Gasteiger partial charge is 0.351 e. The molecule has 0 bridgehead atoms. The van der Waals surface area contributed by atoms with E-state index in [4.69, 9.17) is 0 Å². The molecule has 0 unspecified atom stereocenters. The lowest BCUT2D eigenvalue weighted by Gasteiger charge is -2.17. The van der Waals surface area contributed by atoms with Crippen LogP contribution >= 0.6 is 11.8 Å². The molecule has 0 heterocycles. The summed E-state index contributed by atoms with van der Waals surface area (Å²) in [6.45, 7) is 0.470. The van der Waals surface area contributed by atoms with Gasteiger partial charge in [-0.25, -0.2) is 0 Å².